The van der Waals surface area contributed by atoms with Crippen molar-refractivity contribution in [3.8, 4) is 5.75 Å². The summed E-state index contributed by atoms with van der Waals surface area (Å²) in [5.74, 6) is -3.53. The van der Waals surface area contributed by atoms with Gasteiger partial charge in [-0.25, -0.2) is 0 Å². The number of halogens is 2. The number of Topliss-reactive ketones (excluding diaryl/α,β-unsaturated/α-hetero) is 1. The van der Waals surface area contributed by atoms with E-state index in [4.69, 9.17) is 4.74 Å². The lowest BCUT2D eigenvalue weighted by Crippen LogP contribution is -2.25. The van der Waals surface area contributed by atoms with Gasteiger partial charge in [0.05, 0.1) is 12.2 Å². The Bertz CT molecular complexity index is 744. The first-order valence-corrected chi connectivity index (χ1v) is 10.4. The number of ether oxygens (including phenoxy) is 1. The molecule has 6 heteroatoms. The maximum Gasteiger partial charge on any atom is 0.299 e. The van der Waals surface area contributed by atoms with Crippen molar-refractivity contribution < 1.29 is 28.5 Å². The number of aliphatic hydroxyl groups excluding tert-OH is 2. The highest BCUT2D eigenvalue weighted by Gasteiger charge is 2.40. The van der Waals surface area contributed by atoms with Gasteiger partial charge in [-0.1, -0.05) is 30.4 Å². The van der Waals surface area contributed by atoms with Gasteiger partial charge in [0.1, 0.15) is 11.5 Å². The number of alkyl halides is 2. The predicted octanol–water partition coefficient (Wildman–Crippen LogP) is 4.63. The Morgan fingerprint density at radius 2 is 2.03 bits per heavy atom. The van der Waals surface area contributed by atoms with Crippen LogP contribution in [0.15, 0.2) is 48.6 Å². The minimum atomic E-state index is -3.19. The number of hydrogen-bond donors (Lipinski definition) is 2. The standard InChI is InChI=1S/C24H32F2O4/c1-17-8-7-10-19(14-17)30-16-24(25,26)13-12-21-20(22(28)15-23(21)29)11-6-4-3-5-9-18(2)27/h4,6-8,10,12-14,20-23,28-29H,3,5,9,11,15-16H2,1-2H3/b6-4-,13-12+/t20-,21-,22+,23-/m1/s1. The van der Waals surface area contributed by atoms with Crippen LogP contribution < -0.4 is 4.74 Å². The van der Waals surface area contributed by atoms with Gasteiger partial charge in [0.25, 0.3) is 5.92 Å². The number of aliphatic hydroxyl groups is 2. The molecule has 2 N–H and O–H groups in total. The van der Waals surface area contributed by atoms with Crippen molar-refractivity contribution in [3.05, 3.63) is 54.1 Å². The summed E-state index contributed by atoms with van der Waals surface area (Å²) in [5.41, 5.74) is 0.923. The Kier molecular flexibility index (Phi) is 9.18. The average molecular weight is 423 g/mol. The topological polar surface area (TPSA) is 66.8 Å². The zero-order chi connectivity index (χ0) is 22.1. The number of rotatable bonds is 11. The molecule has 0 heterocycles. The molecule has 0 bridgehead atoms. The van der Waals surface area contributed by atoms with Crippen molar-refractivity contribution in [2.45, 2.75) is 64.1 Å². The minimum absolute atomic E-state index is 0.148. The Morgan fingerprint density at radius 3 is 2.73 bits per heavy atom. The number of aryl methyl sites for hydroxylation is 1. The van der Waals surface area contributed by atoms with Crippen LogP contribution in [0.5, 0.6) is 5.75 Å². The molecule has 30 heavy (non-hydrogen) atoms. The number of unbranched alkanes of at least 4 members (excludes halogenated alkanes) is 1. The molecule has 4 atom stereocenters. The maximum absolute atomic E-state index is 14.3. The molecule has 1 aromatic carbocycles. The van der Waals surface area contributed by atoms with E-state index in [0.717, 1.165) is 24.5 Å². The summed E-state index contributed by atoms with van der Waals surface area (Å²) in [6.45, 7) is 2.62. The van der Waals surface area contributed by atoms with Crippen molar-refractivity contribution >= 4 is 5.78 Å². The van der Waals surface area contributed by atoms with Crippen molar-refractivity contribution in [2.24, 2.45) is 11.8 Å². The lowest BCUT2D eigenvalue weighted by atomic mass is 9.89. The molecule has 1 saturated carbocycles. The van der Waals surface area contributed by atoms with Crippen LogP contribution in [-0.4, -0.2) is 40.7 Å². The van der Waals surface area contributed by atoms with Crippen molar-refractivity contribution in [1.29, 1.82) is 0 Å². The summed E-state index contributed by atoms with van der Waals surface area (Å²) in [4.78, 5) is 10.9. The molecular weight excluding hydrogens is 390 g/mol. The Balaban J connectivity index is 1.91. The molecule has 1 aliphatic carbocycles. The van der Waals surface area contributed by atoms with Crippen molar-refractivity contribution in [2.75, 3.05) is 6.61 Å². The third-order valence-electron chi connectivity index (χ3n) is 5.37. The molecular formula is C24H32F2O4. The molecule has 0 saturated heterocycles. The molecule has 4 nitrogen and oxygen atoms in total. The molecule has 0 aliphatic heterocycles. The first-order valence-electron chi connectivity index (χ1n) is 10.4. The Hall–Kier alpha value is -2.05. The molecule has 0 unspecified atom stereocenters. The SMILES string of the molecule is CC(=O)CCC/C=C\C[C@@H]1[C@@H](/C=C/C(F)(F)COc2cccc(C)c2)[C@H](O)C[C@@H]1O. The second kappa shape index (κ2) is 11.4. The fraction of sp³-hybridized carbons (Fsp3) is 0.542. The van der Waals surface area contributed by atoms with Gasteiger partial charge in [0.15, 0.2) is 6.61 Å². The molecule has 0 spiro atoms. The highest BCUT2D eigenvalue weighted by Crippen LogP contribution is 2.37. The number of benzene rings is 1. The summed E-state index contributed by atoms with van der Waals surface area (Å²) in [5, 5.41) is 20.4. The zero-order valence-electron chi connectivity index (χ0n) is 17.6. The Morgan fingerprint density at radius 1 is 1.27 bits per heavy atom. The van der Waals surface area contributed by atoms with Crippen LogP contribution >= 0.6 is 0 Å². The van der Waals surface area contributed by atoms with E-state index < -0.39 is 30.7 Å². The van der Waals surface area contributed by atoms with E-state index in [1.807, 2.05) is 25.1 Å². The average Bonchev–Trinajstić information content (AvgIpc) is 2.94. The van der Waals surface area contributed by atoms with Crippen LogP contribution in [0, 0.1) is 18.8 Å². The second-order valence-corrected chi connectivity index (χ2v) is 8.14. The Labute approximate surface area is 177 Å². The quantitative estimate of drug-likeness (QED) is 0.403. The first-order chi connectivity index (χ1) is 14.2. The molecule has 1 fully saturated rings. The van der Waals surface area contributed by atoms with Gasteiger partial charge in [0.2, 0.25) is 0 Å². The number of ketones is 1. The van der Waals surface area contributed by atoms with E-state index >= 15 is 0 Å². The summed E-state index contributed by atoms with van der Waals surface area (Å²) >= 11 is 0. The van der Waals surface area contributed by atoms with E-state index in [1.54, 1.807) is 25.1 Å². The fourth-order valence-electron chi connectivity index (χ4n) is 3.73. The van der Waals surface area contributed by atoms with Crippen LogP contribution in [0.2, 0.25) is 0 Å². The fourth-order valence-corrected chi connectivity index (χ4v) is 3.73. The number of carbonyl (C=O) groups is 1. The van der Waals surface area contributed by atoms with Gasteiger partial charge >= 0.3 is 0 Å². The largest absolute Gasteiger partial charge is 0.487 e. The lowest BCUT2D eigenvalue weighted by Gasteiger charge is -2.20. The zero-order valence-corrected chi connectivity index (χ0v) is 17.6. The smallest absolute Gasteiger partial charge is 0.299 e. The van der Waals surface area contributed by atoms with Gasteiger partial charge in [-0.3, -0.25) is 0 Å². The minimum Gasteiger partial charge on any atom is -0.487 e. The normalized spacial score (nSPS) is 24.7. The molecule has 166 valence electrons. The van der Waals surface area contributed by atoms with E-state index in [1.165, 1.54) is 6.08 Å². The van der Waals surface area contributed by atoms with Crippen LogP contribution in [0.1, 0.15) is 44.6 Å². The monoisotopic (exact) mass is 422 g/mol. The highest BCUT2D eigenvalue weighted by atomic mass is 19.3. The molecule has 0 radical (unpaired) electrons. The van der Waals surface area contributed by atoms with Crippen molar-refractivity contribution in [1.82, 2.24) is 0 Å². The molecule has 1 aromatic rings. The summed E-state index contributed by atoms with van der Waals surface area (Å²) in [6, 6.07) is 6.92. The molecule has 2 rings (SSSR count). The third-order valence-corrected chi connectivity index (χ3v) is 5.37. The van der Waals surface area contributed by atoms with Crippen LogP contribution in [-0.2, 0) is 4.79 Å². The van der Waals surface area contributed by atoms with E-state index in [2.05, 4.69) is 0 Å². The first kappa shape index (κ1) is 24.2. The molecule has 0 aromatic heterocycles. The summed E-state index contributed by atoms with van der Waals surface area (Å²) in [7, 11) is 0. The van der Waals surface area contributed by atoms with Crippen LogP contribution in [0.25, 0.3) is 0 Å². The summed E-state index contributed by atoms with van der Waals surface area (Å²) < 4.78 is 33.8. The van der Waals surface area contributed by atoms with E-state index in [0.29, 0.717) is 18.6 Å². The molecule has 0 amide bonds. The number of hydrogen-bond acceptors (Lipinski definition) is 4. The van der Waals surface area contributed by atoms with Gasteiger partial charge in [-0.2, -0.15) is 8.78 Å². The van der Waals surface area contributed by atoms with Gasteiger partial charge in [-0.15, -0.1) is 0 Å². The van der Waals surface area contributed by atoms with Gasteiger partial charge in [-0.05, 0) is 62.8 Å². The van der Waals surface area contributed by atoms with Gasteiger partial charge in [0, 0.05) is 18.8 Å². The number of allylic oxidation sites excluding steroid dienone is 2. The highest BCUT2D eigenvalue weighted by molar-refractivity contribution is 5.75. The van der Waals surface area contributed by atoms with E-state index in [-0.39, 0.29) is 18.1 Å². The van der Waals surface area contributed by atoms with Gasteiger partial charge < -0.3 is 19.7 Å². The van der Waals surface area contributed by atoms with Crippen LogP contribution in [0.3, 0.4) is 0 Å². The predicted molar refractivity (Wildman–Crippen MR) is 113 cm³/mol. The molecule has 1 aliphatic rings. The second-order valence-electron chi connectivity index (χ2n) is 8.14. The number of carbonyl (C=O) groups excluding carboxylic acids is 1. The maximum atomic E-state index is 14.3. The third kappa shape index (κ3) is 8.00. The van der Waals surface area contributed by atoms with Crippen LogP contribution in [0.4, 0.5) is 8.78 Å². The summed E-state index contributed by atoms with van der Waals surface area (Å²) in [6.07, 6.45) is 7.01. The van der Waals surface area contributed by atoms with E-state index in [9.17, 15) is 23.8 Å². The lowest BCUT2D eigenvalue weighted by molar-refractivity contribution is -0.117. The van der Waals surface area contributed by atoms with Crippen molar-refractivity contribution in [3.63, 3.8) is 0 Å².